The summed E-state index contributed by atoms with van der Waals surface area (Å²) in [6.07, 6.45) is 2.73. The molecule has 3 aromatic rings. The number of carbonyl (C=O) groups is 1. The second-order valence-corrected chi connectivity index (χ2v) is 6.23. The molecule has 0 bridgehead atoms. The van der Waals surface area contributed by atoms with E-state index in [1.165, 1.54) is 0 Å². The lowest BCUT2D eigenvalue weighted by Crippen LogP contribution is -2.38. The number of benzene rings is 1. The van der Waals surface area contributed by atoms with Crippen molar-refractivity contribution in [3.8, 4) is 11.4 Å². The Hall–Kier alpha value is -2.71. The van der Waals surface area contributed by atoms with E-state index in [4.69, 9.17) is 9.26 Å². The van der Waals surface area contributed by atoms with Gasteiger partial charge in [0.25, 0.3) is 0 Å². The number of carbonyl (C=O) groups excluding carboxylic acids is 1. The first-order chi connectivity index (χ1) is 12.8. The highest BCUT2D eigenvalue weighted by Gasteiger charge is 2.17. The average Bonchev–Trinajstić information content (AvgIpc) is 3.35. The molecule has 0 saturated carbocycles. The molecule has 0 aliphatic carbocycles. The van der Waals surface area contributed by atoms with Crippen LogP contribution in [0.1, 0.15) is 17.1 Å². The Labute approximate surface area is 150 Å². The number of ether oxygens (including phenoxy) is 1. The molecule has 8 heteroatoms. The molecule has 1 aromatic carbocycles. The predicted molar refractivity (Wildman–Crippen MR) is 95.8 cm³/mol. The Balaban J connectivity index is 1.34. The van der Waals surface area contributed by atoms with Crippen molar-refractivity contribution in [1.82, 2.24) is 25.3 Å². The van der Waals surface area contributed by atoms with Crippen LogP contribution >= 0.6 is 0 Å². The first-order valence-electron chi connectivity index (χ1n) is 8.80. The van der Waals surface area contributed by atoms with E-state index in [-0.39, 0.29) is 11.8 Å². The Bertz CT molecular complexity index is 882. The number of nitrogens with zero attached hydrogens (tertiary/aromatic N) is 3. The van der Waals surface area contributed by atoms with Crippen LogP contribution in [0.15, 0.2) is 35.0 Å². The first-order valence-corrected chi connectivity index (χ1v) is 8.80. The maximum absolute atomic E-state index is 12.2. The van der Waals surface area contributed by atoms with Crippen LogP contribution in [0.3, 0.4) is 0 Å². The fraction of sp³-hybridized carbons (Fsp3) is 0.389. The van der Waals surface area contributed by atoms with Crippen LogP contribution in [0.4, 0.5) is 0 Å². The third-order valence-electron chi connectivity index (χ3n) is 4.50. The highest BCUT2D eigenvalue weighted by atomic mass is 16.5. The first kappa shape index (κ1) is 16.7. The largest absolute Gasteiger partial charge is 0.379 e. The summed E-state index contributed by atoms with van der Waals surface area (Å²) in [5.41, 5.74) is 1.82. The van der Waals surface area contributed by atoms with Gasteiger partial charge >= 0.3 is 11.8 Å². The van der Waals surface area contributed by atoms with E-state index in [0.29, 0.717) is 12.4 Å². The standard InChI is InChI=1S/C18H21N5O3/c24-17(20-6-2-8-23-9-11-25-12-10-23)18-21-16(22-26-18)14-3-1-4-15-13(14)5-7-19-15/h1,3-5,7,19H,2,6,8-12H2,(H,20,24). The highest BCUT2D eigenvalue weighted by Crippen LogP contribution is 2.25. The van der Waals surface area contributed by atoms with E-state index in [9.17, 15) is 4.79 Å². The minimum absolute atomic E-state index is 0.0149. The van der Waals surface area contributed by atoms with Gasteiger partial charge in [0.1, 0.15) is 0 Å². The SMILES string of the molecule is O=C(NCCCN1CCOCC1)c1nc(-c2cccc3[nH]ccc23)no1. The van der Waals surface area contributed by atoms with Gasteiger partial charge in [-0.1, -0.05) is 17.3 Å². The van der Waals surface area contributed by atoms with Gasteiger partial charge in [-0.3, -0.25) is 9.69 Å². The van der Waals surface area contributed by atoms with E-state index in [2.05, 4.69) is 25.3 Å². The van der Waals surface area contributed by atoms with Gasteiger partial charge in [0.2, 0.25) is 5.82 Å². The number of rotatable bonds is 6. The molecule has 0 spiro atoms. The van der Waals surface area contributed by atoms with Gasteiger partial charge in [0, 0.05) is 42.3 Å². The normalized spacial score (nSPS) is 15.4. The van der Waals surface area contributed by atoms with Gasteiger partial charge < -0.3 is 19.6 Å². The topological polar surface area (TPSA) is 96.3 Å². The van der Waals surface area contributed by atoms with Crippen molar-refractivity contribution >= 4 is 16.8 Å². The molecule has 0 atom stereocenters. The van der Waals surface area contributed by atoms with Gasteiger partial charge in [-0.15, -0.1) is 0 Å². The van der Waals surface area contributed by atoms with Gasteiger partial charge in [-0.2, -0.15) is 4.98 Å². The van der Waals surface area contributed by atoms with Crippen LogP contribution in [-0.2, 0) is 4.74 Å². The summed E-state index contributed by atoms with van der Waals surface area (Å²) in [5, 5.41) is 7.78. The molecule has 26 heavy (non-hydrogen) atoms. The quantitative estimate of drug-likeness (QED) is 0.653. The molecule has 136 valence electrons. The summed E-state index contributed by atoms with van der Waals surface area (Å²) >= 11 is 0. The lowest BCUT2D eigenvalue weighted by atomic mass is 10.1. The fourth-order valence-electron chi connectivity index (χ4n) is 3.11. The summed E-state index contributed by atoms with van der Waals surface area (Å²) < 4.78 is 10.5. The third-order valence-corrected chi connectivity index (χ3v) is 4.50. The Morgan fingerprint density at radius 1 is 1.27 bits per heavy atom. The minimum Gasteiger partial charge on any atom is -0.379 e. The number of fused-ring (bicyclic) bond motifs is 1. The summed E-state index contributed by atoms with van der Waals surface area (Å²) in [6, 6.07) is 7.74. The van der Waals surface area contributed by atoms with Crippen molar-refractivity contribution in [2.75, 3.05) is 39.4 Å². The fourth-order valence-corrected chi connectivity index (χ4v) is 3.11. The summed E-state index contributed by atoms with van der Waals surface area (Å²) in [4.78, 5) is 21.9. The summed E-state index contributed by atoms with van der Waals surface area (Å²) in [7, 11) is 0. The van der Waals surface area contributed by atoms with Crippen molar-refractivity contribution in [1.29, 1.82) is 0 Å². The molecule has 8 nitrogen and oxygen atoms in total. The lowest BCUT2D eigenvalue weighted by Gasteiger charge is -2.26. The van der Waals surface area contributed by atoms with Crippen molar-refractivity contribution in [3.05, 3.63) is 36.4 Å². The van der Waals surface area contributed by atoms with Crippen LogP contribution in [0.25, 0.3) is 22.3 Å². The zero-order chi connectivity index (χ0) is 17.8. The van der Waals surface area contributed by atoms with Crippen molar-refractivity contribution in [2.24, 2.45) is 0 Å². The molecule has 4 rings (SSSR count). The lowest BCUT2D eigenvalue weighted by molar-refractivity contribution is 0.0374. The minimum atomic E-state index is -0.341. The van der Waals surface area contributed by atoms with Crippen LogP contribution in [0, 0.1) is 0 Å². The van der Waals surface area contributed by atoms with E-state index < -0.39 is 0 Å². The van der Waals surface area contributed by atoms with Gasteiger partial charge in [-0.25, -0.2) is 0 Å². The number of nitrogens with one attached hydrogen (secondary N) is 2. The molecule has 2 N–H and O–H groups in total. The predicted octanol–water partition coefficient (Wildman–Crippen LogP) is 1.67. The molecule has 1 fully saturated rings. The van der Waals surface area contributed by atoms with Crippen LogP contribution in [-0.4, -0.2) is 65.3 Å². The molecule has 0 unspecified atom stereocenters. The molecule has 1 aliphatic heterocycles. The van der Waals surface area contributed by atoms with Crippen LogP contribution in [0.2, 0.25) is 0 Å². The van der Waals surface area contributed by atoms with Gasteiger partial charge in [0.05, 0.1) is 13.2 Å². The van der Waals surface area contributed by atoms with Crippen molar-refractivity contribution < 1.29 is 14.1 Å². The molecule has 2 aromatic heterocycles. The molecular formula is C18H21N5O3. The number of amides is 1. The van der Waals surface area contributed by atoms with Crippen molar-refractivity contribution in [2.45, 2.75) is 6.42 Å². The average molecular weight is 355 g/mol. The highest BCUT2D eigenvalue weighted by molar-refractivity contribution is 5.94. The number of aromatic amines is 1. The number of hydrogen-bond donors (Lipinski definition) is 2. The van der Waals surface area contributed by atoms with Crippen LogP contribution < -0.4 is 5.32 Å². The second-order valence-electron chi connectivity index (χ2n) is 6.23. The van der Waals surface area contributed by atoms with E-state index >= 15 is 0 Å². The van der Waals surface area contributed by atoms with Crippen LogP contribution in [0.5, 0.6) is 0 Å². The molecule has 1 aliphatic rings. The number of H-pyrrole nitrogens is 1. The smallest absolute Gasteiger partial charge is 0.316 e. The third kappa shape index (κ3) is 3.61. The molecule has 1 saturated heterocycles. The van der Waals surface area contributed by atoms with E-state index in [1.807, 2.05) is 30.5 Å². The molecular weight excluding hydrogens is 334 g/mol. The Kier molecular flexibility index (Phi) is 4.94. The zero-order valence-corrected chi connectivity index (χ0v) is 14.4. The number of aromatic nitrogens is 3. The number of morpholine rings is 1. The number of hydrogen-bond acceptors (Lipinski definition) is 6. The van der Waals surface area contributed by atoms with Gasteiger partial charge in [0.15, 0.2) is 0 Å². The molecule has 3 heterocycles. The second kappa shape index (κ2) is 7.67. The Morgan fingerprint density at radius 3 is 3.04 bits per heavy atom. The van der Waals surface area contributed by atoms with E-state index in [1.54, 1.807) is 0 Å². The monoisotopic (exact) mass is 355 g/mol. The Morgan fingerprint density at radius 2 is 2.15 bits per heavy atom. The maximum atomic E-state index is 12.2. The summed E-state index contributed by atoms with van der Waals surface area (Å²) in [6.45, 7) is 4.98. The van der Waals surface area contributed by atoms with E-state index in [0.717, 1.165) is 55.7 Å². The summed E-state index contributed by atoms with van der Waals surface area (Å²) in [5.74, 6) is 0.0551. The van der Waals surface area contributed by atoms with Gasteiger partial charge in [-0.05, 0) is 25.1 Å². The molecule has 1 amide bonds. The molecule has 0 radical (unpaired) electrons. The maximum Gasteiger partial charge on any atom is 0.316 e. The zero-order valence-electron chi connectivity index (χ0n) is 14.4. The van der Waals surface area contributed by atoms with Crippen molar-refractivity contribution in [3.63, 3.8) is 0 Å².